The number of imidazole rings is 1. The summed E-state index contributed by atoms with van der Waals surface area (Å²) in [6.45, 7) is 2.38. The second kappa shape index (κ2) is 6.69. The lowest BCUT2D eigenvalue weighted by Crippen LogP contribution is -1.96. The predicted octanol–water partition coefficient (Wildman–Crippen LogP) is 5.10. The molecule has 0 spiro atoms. The summed E-state index contributed by atoms with van der Waals surface area (Å²) in [6.07, 6.45) is 1.88. The molecule has 0 bridgehead atoms. The van der Waals surface area contributed by atoms with Crippen LogP contribution in [-0.2, 0) is 6.61 Å². The molecule has 3 heterocycles. The SMILES string of the molecule is COc1cc(COc2ccccc2)c2cc(-c3cn4nc(C)sc4n3)oc2c1. The Labute approximate surface area is 165 Å². The van der Waals surface area contributed by atoms with E-state index in [1.807, 2.05) is 61.7 Å². The number of aryl methyl sites for hydroxylation is 1. The first-order chi connectivity index (χ1) is 13.7. The lowest BCUT2D eigenvalue weighted by Gasteiger charge is -2.08. The first-order valence-electron chi connectivity index (χ1n) is 8.81. The largest absolute Gasteiger partial charge is 0.497 e. The average Bonchev–Trinajstić information content (AvgIpc) is 3.38. The zero-order valence-corrected chi connectivity index (χ0v) is 16.2. The number of aromatic nitrogens is 3. The van der Waals surface area contributed by atoms with Crippen molar-refractivity contribution in [2.45, 2.75) is 13.5 Å². The Hall–Kier alpha value is -3.32. The van der Waals surface area contributed by atoms with E-state index in [2.05, 4.69) is 10.1 Å². The minimum atomic E-state index is 0.412. The fourth-order valence-electron chi connectivity index (χ4n) is 3.14. The van der Waals surface area contributed by atoms with Crippen LogP contribution in [0, 0.1) is 6.92 Å². The third kappa shape index (κ3) is 2.99. The highest BCUT2D eigenvalue weighted by Crippen LogP contribution is 2.33. The summed E-state index contributed by atoms with van der Waals surface area (Å²) >= 11 is 1.55. The van der Waals surface area contributed by atoms with E-state index >= 15 is 0 Å². The van der Waals surface area contributed by atoms with Gasteiger partial charge in [0.05, 0.1) is 13.3 Å². The number of para-hydroxylation sites is 1. The number of furan rings is 1. The number of hydrogen-bond donors (Lipinski definition) is 0. The van der Waals surface area contributed by atoms with Crippen molar-refractivity contribution in [3.05, 3.63) is 65.3 Å². The monoisotopic (exact) mass is 391 g/mol. The number of hydrogen-bond acceptors (Lipinski definition) is 6. The Morgan fingerprint density at radius 1 is 1.11 bits per heavy atom. The molecule has 0 radical (unpaired) electrons. The molecule has 0 N–H and O–H groups in total. The van der Waals surface area contributed by atoms with Gasteiger partial charge in [0.1, 0.15) is 34.4 Å². The van der Waals surface area contributed by atoms with E-state index in [1.54, 1.807) is 23.0 Å². The van der Waals surface area contributed by atoms with Crippen molar-refractivity contribution in [1.82, 2.24) is 14.6 Å². The standard InChI is InChI=1S/C21H17N3O3S/c1-13-23-24-11-18(22-21(24)28-13)20-10-17-14(8-16(25-2)9-19(17)27-20)12-26-15-6-4-3-5-7-15/h3-11H,12H2,1-2H3. The number of nitrogens with zero attached hydrogens (tertiary/aromatic N) is 3. The van der Waals surface area contributed by atoms with Gasteiger partial charge in [-0.05, 0) is 31.2 Å². The Kier molecular flexibility index (Phi) is 4.02. The summed E-state index contributed by atoms with van der Waals surface area (Å²) in [6, 6.07) is 15.6. The molecule has 0 saturated heterocycles. The summed E-state index contributed by atoms with van der Waals surface area (Å²) in [4.78, 5) is 5.47. The van der Waals surface area contributed by atoms with Crippen molar-refractivity contribution >= 4 is 27.3 Å². The number of benzene rings is 2. The van der Waals surface area contributed by atoms with Crippen LogP contribution in [0.15, 0.2) is 59.1 Å². The second-order valence-corrected chi connectivity index (χ2v) is 7.55. The van der Waals surface area contributed by atoms with Gasteiger partial charge >= 0.3 is 0 Å². The van der Waals surface area contributed by atoms with Crippen molar-refractivity contribution in [2.24, 2.45) is 0 Å². The van der Waals surface area contributed by atoms with E-state index in [-0.39, 0.29) is 0 Å². The molecule has 2 aromatic carbocycles. The fraction of sp³-hybridized carbons (Fsp3) is 0.143. The number of ether oxygens (including phenoxy) is 2. The first kappa shape index (κ1) is 16.8. The smallest absolute Gasteiger partial charge is 0.212 e. The first-order valence-corrected chi connectivity index (χ1v) is 9.63. The molecule has 5 rings (SSSR count). The van der Waals surface area contributed by atoms with E-state index in [9.17, 15) is 0 Å². The molecule has 28 heavy (non-hydrogen) atoms. The maximum atomic E-state index is 6.08. The quantitative estimate of drug-likeness (QED) is 0.417. The van der Waals surface area contributed by atoms with E-state index in [0.717, 1.165) is 43.7 Å². The van der Waals surface area contributed by atoms with Gasteiger partial charge in [-0.2, -0.15) is 5.10 Å². The zero-order chi connectivity index (χ0) is 19.1. The van der Waals surface area contributed by atoms with Crippen molar-refractivity contribution in [3.63, 3.8) is 0 Å². The molecular weight excluding hydrogens is 374 g/mol. The third-order valence-corrected chi connectivity index (χ3v) is 5.30. The van der Waals surface area contributed by atoms with Crippen molar-refractivity contribution < 1.29 is 13.9 Å². The molecule has 0 aliphatic rings. The van der Waals surface area contributed by atoms with E-state index < -0.39 is 0 Å². The minimum absolute atomic E-state index is 0.412. The van der Waals surface area contributed by atoms with Gasteiger partial charge in [-0.15, -0.1) is 0 Å². The molecule has 0 aliphatic heterocycles. The molecule has 0 atom stereocenters. The van der Waals surface area contributed by atoms with Crippen LogP contribution >= 0.6 is 11.3 Å². The summed E-state index contributed by atoms with van der Waals surface area (Å²) in [5, 5.41) is 6.37. The Morgan fingerprint density at radius 2 is 1.96 bits per heavy atom. The zero-order valence-electron chi connectivity index (χ0n) is 15.4. The van der Waals surface area contributed by atoms with E-state index in [1.165, 1.54) is 0 Å². The normalized spacial score (nSPS) is 11.4. The summed E-state index contributed by atoms with van der Waals surface area (Å²) in [5.74, 6) is 2.24. The van der Waals surface area contributed by atoms with Crippen LogP contribution < -0.4 is 9.47 Å². The molecule has 0 unspecified atom stereocenters. The molecule has 7 heteroatoms. The van der Waals surface area contributed by atoms with Gasteiger partial charge in [0, 0.05) is 17.0 Å². The summed E-state index contributed by atoms with van der Waals surface area (Å²) < 4.78 is 19.2. The summed E-state index contributed by atoms with van der Waals surface area (Å²) in [5.41, 5.74) is 2.48. The molecule has 0 fully saturated rings. The minimum Gasteiger partial charge on any atom is -0.497 e. The van der Waals surface area contributed by atoms with Crippen molar-refractivity contribution in [2.75, 3.05) is 7.11 Å². The van der Waals surface area contributed by atoms with Crippen LogP contribution in [0.25, 0.3) is 27.4 Å². The van der Waals surface area contributed by atoms with Crippen LogP contribution in [0.5, 0.6) is 11.5 Å². The molecule has 0 saturated carbocycles. The van der Waals surface area contributed by atoms with Gasteiger partial charge < -0.3 is 13.9 Å². The number of methoxy groups -OCH3 is 1. The van der Waals surface area contributed by atoms with Crippen LogP contribution in [0.2, 0.25) is 0 Å². The highest BCUT2D eigenvalue weighted by Gasteiger charge is 2.16. The lowest BCUT2D eigenvalue weighted by atomic mass is 10.1. The Morgan fingerprint density at radius 3 is 2.75 bits per heavy atom. The molecular formula is C21H17N3O3S. The maximum absolute atomic E-state index is 6.08. The van der Waals surface area contributed by atoms with E-state index in [0.29, 0.717) is 12.4 Å². The fourth-order valence-corrected chi connectivity index (χ4v) is 3.87. The Bertz CT molecular complexity index is 1240. The molecule has 140 valence electrons. The van der Waals surface area contributed by atoms with E-state index in [4.69, 9.17) is 13.9 Å². The van der Waals surface area contributed by atoms with Crippen LogP contribution in [0.4, 0.5) is 0 Å². The predicted molar refractivity (Wildman–Crippen MR) is 108 cm³/mol. The molecule has 0 amide bonds. The second-order valence-electron chi connectivity index (χ2n) is 6.39. The summed E-state index contributed by atoms with van der Waals surface area (Å²) in [7, 11) is 1.64. The molecule has 6 nitrogen and oxygen atoms in total. The van der Waals surface area contributed by atoms with Gasteiger partial charge in [0.25, 0.3) is 0 Å². The van der Waals surface area contributed by atoms with Gasteiger partial charge in [-0.25, -0.2) is 9.50 Å². The highest BCUT2D eigenvalue weighted by atomic mass is 32.1. The molecule has 0 aliphatic carbocycles. The van der Waals surface area contributed by atoms with Crippen LogP contribution in [-0.4, -0.2) is 21.7 Å². The van der Waals surface area contributed by atoms with Gasteiger partial charge in [-0.1, -0.05) is 29.5 Å². The van der Waals surface area contributed by atoms with Crippen LogP contribution in [0.1, 0.15) is 10.6 Å². The molecule has 3 aromatic heterocycles. The Balaban J connectivity index is 1.54. The lowest BCUT2D eigenvalue weighted by molar-refractivity contribution is 0.306. The van der Waals surface area contributed by atoms with Gasteiger partial charge in [0.15, 0.2) is 5.76 Å². The average molecular weight is 391 g/mol. The van der Waals surface area contributed by atoms with Crippen LogP contribution in [0.3, 0.4) is 0 Å². The van der Waals surface area contributed by atoms with Gasteiger partial charge in [-0.3, -0.25) is 0 Å². The van der Waals surface area contributed by atoms with Crippen molar-refractivity contribution in [1.29, 1.82) is 0 Å². The number of fused-ring (bicyclic) bond motifs is 2. The van der Waals surface area contributed by atoms with Gasteiger partial charge in [0.2, 0.25) is 4.96 Å². The maximum Gasteiger partial charge on any atom is 0.212 e. The highest BCUT2D eigenvalue weighted by molar-refractivity contribution is 7.16. The topological polar surface area (TPSA) is 61.8 Å². The van der Waals surface area contributed by atoms with Crippen molar-refractivity contribution in [3.8, 4) is 23.0 Å². The third-order valence-electron chi connectivity index (χ3n) is 4.47. The number of rotatable bonds is 5. The molecule has 5 aromatic rings.